The number of para-hydroxylation sites is 3. The van der Waals surface area contributed by atoms with Crippen LogP contribution in [0.5, 0.6) is 0 Å². The Kier molecular flexibility index (Phi) is 2.87. The molecule has 0 atom stereocenters. The van der Waals surface area contributed by atoms with Gasteiger partial charge in [-0.15, -0.1) is 0 Å². The zero-order valence-electron chi connectivity index (χ0n) is 15.9. The number of hydrogen-bond donors (Lipinski definition) is 0. The second-order valence-electron chi connectivity index (χ2n) is 7.95. The third kappa shape index (κ3) is 1.69. The van der Waals surface area contributed by atoms with Gasteiger partial charge in [0.05, 0.1) is 5.39 Å². The van der Waals surface area contributed by atoms with E-state index in [9.17, 15) is 0 Å². The lowest BCUT2D eigenvalue weighted by molar-refractivity contribution is -0.721. The van der Waals surface area contributed by atoms with Crippen LogP contribution in [0.25, 0.3) is 38.4 Å². The van der Waals surface area contributed by atoms with E-state index in [2.05, 4.69) is 89.5 Å². The van der Waals surface area contributed by atoms with E-state index in [4.69, 9.17) is 0 Å². The molecule has 27 heavy (non-hydrogen) atoms. The number of rotatable bonds is 2. The van der Waals surface area contributed by atoms with Crippen molar-refractivity contribution >= 4 is 38.4 Å². The molecule has 6 rings (SSSR count). The molecule has 0 bridgehead atoms. The van der Waals surface area contributed by atoms with Crippen molar-refractivity contribution in [2.75, 3.05) is 0 Å². The van der Waals surface area contributed by atoms with Crippen molar-refractivity contribution in [3.8, 4) is 0 Å². The zero-order chi connectivity index (χ0) is 18.2. The molecule has 2 heteroatoms. The minimum atomic E-state index is 0.137. The molecule has 0 spiro atoms. The van der Waals surface area contributed by atoms with Crippen molar-refractivity contribution in [3.63, 3.8) is 0 Å². The minimum absolute atomic E-state index is 0.137. The highest BCUT2D eigenvalue weighted by Gasteiger charge is 2.43. The Balaban J connectivity index is 2.05. The Morgan fingerprint density at radius 2 is 1.52 bits per heavy atom. The van der Waals surface area contributed by atoms with E-state index in [0.717, 1.165) is 19.3 Å². The van der Waals surface area contributed by atoms with Crippen LogP contribution in [-0.4, -0.2) is 4.40 Å². The van der Waals surface area contributed by atoms with Crippen LogP contribution in [0.3, 0.4) is 0 Å². The van der Waals surface area contributed by atoms with Crippen LogP contribution < -0.4 is 4.57 Å². The summed E-state index contributed by atoms with van der Waals surface area (Å²) in [6.07, 6.45) is 3.39. The summed E-state index contributed by atoms with van der Waals surface area (Å²) in [5, 5.41) is 4.16. The minimum Gasteiger partial charge on any atom is -0.217 e. The highest BCUT2D eigenvalue weighted by atomic mass is 15.2. The summed E-state index contributed by atoms with van der Waals surface area (Å²) in [4.78, 5) is 0. The van der Waals surface area contributed by atoms with E-state index >= 15 is 0 Å². The molecule has 0 saturated carbocycles. The van der Waals surface area contributed by atoms with Crippen molar-refractivity contribution in [2.24, 2.45) is 0 Å². The molecule has 0 aliphatic carbocycles. The molecular formula is C25H23N2+. The van der Waals surface area contributed by atoms with Gasteiger partial charge in [0.15, 0.2) is 11.0 Å². The molecule has 0 saturated heterocycles. The van der Waals surface area contributed by atoms with Crippen LogP contribution in [0.4, 0.5) is 0 Å². The summed E-state index contributed by atoms with van der Waals surface area (Å²) in [6, 6.07) is 24.7. The van der Waals surface area contributed by atoms with Crippen molar-refractivity contribution in [1.82, 2.24) is 4.40 Å². The first-order chi connectivity index (χ1) is 13.3. The first-order valence-electron chi connectivity index (χ1n) is 10.1. The van der Waals surface area contributed by atoms with E-state index in [-0.39, 0.29) is 5.54 Å². The molecule has 0 fully saturated rings. The maximum Gasteiger partial charge on any atom is 0.296 e. The normalized spacial score (nSPS) is 15.5. The van der Waals surface area contributed by atoms with Gasteiger partial charge >= 0.3 is 0 Å². The average molecular weight is 351 g/mol. The summed E-state index contributed by atoms with van der Waals surface area (Å²) in [5.74, 6) is 0. The lowest BCUT2D eigenvalue weighted by Crippen LogP contribution is -2.58. The van der Waals surface area contributed by atoms with Gasteiger partial charge in [-0.05, 0) is 36.6 Å². The third-order valence-electron chi connectivity index (χ3n) is 6.91. The monoisotopic (exact) mass is 351 g/mol. The molecule has 0 radical (unpaired) electrons. The van der Waals surface area contributed by atoms with Gasteiger partial charge < -0.3 is 0 Å². The van der Waals surface area contributed by atoms with Crippen LogP contribution in [-0.2, 0) is 12.0 Å². The predicted molar refractivity (Wildman–Crippen MR) is 112 cm³/mol. The molecule has 3 aromatic carbocycles. The summed E-state index contributed by atoms with van der Waals surface area (Å²) in [5.41, 5.74) is 6.97. The number of aromatic nitrogens is 2. The van der Waals surface area contributed by atoms with Crippen LogP contribution in [0.2, 0.25) is 0 Å². The second kappa shape index (κ2) is 5.10. The van der Waals surface area contributed by atoms with Crippen molar-refractivity contribution < 1.29 is 4.57 Å². The Hall–Kier alpha value is -2.87. The third-order valence-corrected chi connectivity index (χ3v) is 6.91. The first-order valence-corrected chi connectivity index (χ1v) is 10.1. The summed E-state index contributed by atoms with van der Waals surface area (Å²) < 4.78 is 5.18. The molecular weight excluding hydrogens is 328 g/mol. The molecule has 0 amide bonds. The molecule has 3 heterocycles. The number of pyridine rings is 1. The van der Waals surface area contributed by atoms with Gasteiger partial charge in [-0.2, -0.15) is 4.40 Å². The number of fused-ring (bicyclic) bond motifs is 6. The summed E-state index contributed by atoms with van der Waals surface area (Å²) in [7, 11) is 0. The van der Waals surface area contributed by atoms with Crippen LogP contribution in [0.15, 0.2) is 66.7 Å². The fraction of sp³-hybridized carbons (Fsp3) is 0.240. The predicted octanol–water partition coefficient (Wildman–Crippen LogP) is 5.76. The van der Waals surface area contributed by atoms with Gasteiger partial charge in [0.1, 0.15) is 11.1 Å². The second-order valence-corrected chi connectivity index (χ2v) is 7.95. The number of imidazole rings is 1. The van der Waals surface area contributed by atoms with E-state index in [1.54, 1.807) is 0 Å². The van der Waals surface area contributed by atoms with Gasteiger partial charge in [-0.1, -0.05) is 62.4 Å². The number of nitrogens with zero attached hydrogens (tertiary/aromatic N) is 2. The lowest BCUT2D eigenvalue weighted by Gasteiger charge is -2.33. The number of hydrogen-bond acceptors (Lipinski definition) is 0. The fourth-order valence-electron chi connectivity index (χ4n) is 5.50. The van der Waals surface area contributed by atoms with Crippen molar-refractivity contribution in [2.45, 2.75) is 38.6 Å². The standard InChI is InChI=1S/C25H23N2/c1-3-25(4-2)16-17-10-9-12-19-18-11-5-6-13-20(18)26-21-14-7-8-15-22(21)27(25)24(26)23(17)19/h5-15H,3-4,16H2,1-2H3/q+1. The fourth-order valence-corrected chi connectivity index (χ4v) is 5.50. The van der Waals surface area contributed by atoms with E-state index in [1.807, 2.05) is 0 Å². The Labute approximate surface area is 158 Å². The maximum absolute atomic E-state index is 2.67. The average Bonchev–Trinajstić information content (AvgIpc) is 3.09. The topological polar surface area (TPSA) is 8.29 Å². The first kappa shape index (κ1) is 15.2. The molecule has 0 unspecified atom stereocenters. The smallest absolute Gasteiger partial charge is 0.217 e. The molecule has 132 valence electrons. The molecule has 5 aromatic rings. The van der Waals surface area contributed by atoms with Crippen LogP contribution in [0, 0.1) is 0 Å². The molecule has 0 N–H and O–H groups in total. The van der Waals surface area contributed by atoms with Crippen molar-refractivity contribution in [3.05, 3.63) is 72.3 Å². The molecule has 1 aliphatic rings. The van der Waals surface area contributed by atoms with Gasteiger partial charge in [0, 0.05) is 17.2 Å². The van der Waals surface area contributed by atoms with Gasteiger partial charge in [0.25, 0.3) is 5.65 Å². The van der Waals surface area contributed by atoms with Gasteiger partial charge in [-0.25, -0.2) is 4.57 Å². The van der Waals surface area contributed by atoms with E-state index in [0.29, 0.717) is 0 Å². The zero-order valence-corrected chi connectivity index (χ0v) is 15.9. The largest absolute Gasteiger partial charge is 0.296 e. The van der Waals surface area contributed by atoms with E-state index in [1.165, 1.54) is 43.9 Å². The highest BCUT2D eigenvalue weighted by Crippen LogP contribution is 2.41. The summed E-state index contributed by atoms with van der Waals surface area (Å²) in [6.45, 7) is 4.70. The molecule has 1 aliphatic heterocycles. The summed E-state index contributed by atoms with van der Waals surface area (Å²) >= 11 is 0. The number of benzene rings is 3. The Morgan fingerprint density at radius 3 is 2.33 bits per heavy atom. The lowest BCUT2D eigenvalue weighted by atomic mass is 9.81. The van der Waals surface area contributed by atoms with Gasteiger partial charge in [-0.3, -0.25) is 0 Å². The van der Waals surface area contributed by atoms with E-state index < -0.39 is 0 Å². The SMILES string of the molecule is CCC1(CC)Cc2cccc3c4ccccc4n4c5ccccc5[n+]1c4c23. The van der Waals surface area contributed by atoms with Crippen LogP contribution >= 0.6 is 0 Å². The highest BCUT2D eigenvalue weighted by molar-refractivity contribution is 6.14. The molecule has 2 nitrogen and oxygen atoms in total. The van der Waals surface area contributed by atoms with Crippen LogP contribution in [0.1, 0.15) is 32.3 Å². The van der Waals surface area contributed by atoms with Gasteiger partial charge in [0.2, 0.25) is 0 Å². The quantitative estimate of drug-likeness (QED) is 0.282. The maximum atomic E-state index is 2.67. The van der Waals surface area contributed by atoms with Crippen molar-refractivity contribution in [1.29, 1.82) is 0 Å². The molecule has 2 aromatic heterocycles. The Morgan fingerprint density at radius 1 is 0.815 bits per heavy atom. The Bertz CT molecular complexity index is 1370.